The van der Waals surface area contributed by atoms with E-state index < -0.39 is 0 Å². The molecule has 0 radical (unpaired) electrons. The lowest BCUT2D eigenvalue weighted by atomic mass is 10.0. The summed E-state index contributed by atoms with van der Waals surface area (Å²) in [6, 6.07) is 13.2. The van der Waals surface area contributed by atoms with Crippen molar-refractivity contribution in [2.45, 2.75) is 13.8 Å². The summed E-state index contributed by atoms with van der Waals surface area (Å²) in [5, 5.41) is 3.90. The minimum Gasteiger partial charge on any atom is -0.327 e. The SMILES string of the molecule is Cc1ccc(/C=C2\NC(=S)N(c3cccc(Cl)c3)C2=O)c(C)c1. The largest absolute Gasteiger partial charge is 0.327 e. The zero-order valence-corrected chi connectivity index (χ0v) is 14.3. The Labute approximate surface area is 145 Å². The summed E-state index contributed by atoms with van der Waals surface area (Å²) < 4.78 is 0. The van der Waals surface area contributed by atoms with Crippen LogP contribution in [0.15, 0.2) is 48.2 Å². The molecule has 0 spiro atoms. The van der Waals surface area contributed by atoms with E-state index >= 15 is 0 Å². The van der Waals surface area contributed by atoms with Gasteiger partial charge >= 0.3 is 0 Å². The highest BCUT2D eigenvalue weighted by Crippen LogP contribution is 2.25. The van der Waals surface area contributed by atoms with Gasteiger partial charge in [-0.3, -0.25) is 9.69 Å². The first-order valence-electron chi connectivity index (χ1n) is 7.15. The second-order valence-electron chi connectivity index (χ2n) is 5.47. The molecule has 3 nitrogen and oxygen atoms in total. The van der Waals surface area contributed by atoms with Crippen molar-refractivity contribution in [1.82, 2.24) is 5.32 Å². The van der Waals surface area contributed by atoms with Gasteiger partial charge in [0.1, 0.15) is 5.70 Å². The molecule has 1 N–H and O–H groups in total. The van der Waals surface area contributed by atoms with Crippen molar-refractivity contribution in [1.29, 1.82) is 0 Å². The number of carbonyl (C=O) groups is 1. The highest BCUT2D eigenvalue weighted by Gasteiger charge is 2.32. The van der Waals surface area contributed by atoms with Gasteiger partial charge < -0.3 is 5.32 Å². The Balaban J connectivity index is 1.96. The van der Waals surface area contributed by atoms with E-state index in [9.17, 15) is 4.79 Å². The van der Waals surface area contributed by atoms with Crippen LogP contribution in [0, 0.1) is 13.8 Å². The molecule has 0 aliphatic carbocycles. The second kappa shape index (κ2) is 6.14. The molecule has 116 valence electrons. The van der Waals surface area contributed by atoms with Gasteiger partial charge in [-0.25, -0.2) is 0 Å². The number of hydrogen-bond acceptors (Lipinski definition) is 2. The van der Waals surface area contributed by atoms with Gasteiger partial charge in [-0.1, -0.05) is 41.4 Å². The van der Waals surface area contributed by atoms with E-state index in [2.05, 4.69) is 11.4 Å². The summed E-state index contributed by atoms with van der Waals surface area (Å²) in [6.45, 7) is 4.06. The highest BCUT2D eigenvalue weighted by atomic mass is 35.5. The van der Waals surface area contributed by atoms with E-state index in [1.807, 2.05) is 32.1 Å². The van der Waals surface area contributed by atoms with Crippen LogP contribution in [-0.4, -0.2) is 11.0 Å². The molecule has 5 heteroatoms. The molecular weight excluding hydrogens is 328 g/mol. The first kappa shape index (κ1) is 15.7. The molecule has 1 fully saturated rings. The Bertz CT molecular complexity index is 845. The zero-order chi connectivity index (χ0) is 16.6. The summed E-state index contributed by atoms with van der Waals surface area (Å²) in [4.78, 5) is 14.1. The predicted octanol–water partition coefficient (Wildman–Crippen LogP) is 4.22. The number of nitrogens with one attached hydrogen (secondary N) is 1. The first-order chi connectivity index (χ1) is 11.0. The lowest BCUT2D eigenvalue weighted by Crippen LogP contribution is -2.30. The number of thiocarbonyl (C=S) groups is 1. The molecule has 0 saturated carbocycles. The maximum Gasteiger partial charge on any atom is 0.281 e. The monoisotopic (exact) mass is 342 g/mol. The van der Waals surface area contributed by atoms with Gasteiger partial charge in [0, 0.05) is 5.02 Å². The molecule has 1 aliphatic rings. The third kappa shape index (κ3) is 3.14. The summed E-state index contributed by atoms with van der Waals surface area (Å²) in [7, 11) is 0. The minimum absolute atomic E-state index is 0.183. The van der Waals surface area contributed by atoms with Crippen LogP contribution < -0.4 is 10.2 Å². The molecule has 1 amide bonds. The normalized spacial score (nSPS) is 16.1. The van der Waals surface area contributed by atoms with Crippen molar-refractivity contribution in [2.24, 2.45) is 0 Å². The van der Waals surface area contributed by atoms with Gasteiger partial charge in [0.25, 0.3) is 5.91 Å². The van der Waals surface area contributed by atoms with E-state index in [4.69, 9.17) is 23.8 Å². The van der Waals surface area contributed by atoms with Gasteiger partial charge in [0.2, 0.25) is 0 Å². The lowest BCUT2D eigenvalue weighted by Gasteiger charge is -2.14. The molecule has 1 aliphatic heterocycles. The molecule has 0 unspecified atom stereocenters. The van der Waals surface area contributed by atoms with Crippen molar-refractivity contribution in [3.63, 3.8) is 0 Å². The molecular formula is C18H15ClN2OS. The number of amides is 1. The maximum atomic E-state index is 12.7. The Morgan fingerprint density at radius 2 is 1.96 bits per heavy atom. The van der Waals surface area contributed by atoms with Crippen LogP contribution in [0.5, 0.6) is 0 Å². The fraction of sp³-hybridized carbons (Fsp3) is 0.111. The highest BCUT2D eigenvalue weighted by molar-refractivity contribution is 7.80. The van der Waals surface area contributed by atoms with E-state index in [0.717, 1.165) is 11.1 Å². The van der Waals surface area contributed by atoms with E-state index in [0.29, 0.717) is 21.5 Å². The number of anilines is 1. The van der Waals surface area contributed by atoms with Crippen LogP contribution in [-0.2, 0) is 4.79 Å². The van der Waals surface area contributed by atoms with E-state index in [1.54, 1.807) is 24.3 Å². The van der Waals surface area contributed by atoms with Crippen molar-refractivity contribution in [2.75, 3.05) is 4.90 Å². The van der Waals surface area contributed by atoms with Crippen molar-refractivity contribution in [3.8, 4) is 0 Å². The lowest BCUT2D eigenvalue weighted by molar-refractivity contribution is -0.113. The number of carbonyl (C=O) groups excluding carboxylic acids is 1. The molecule has 23 heavy (non-hydrogen) atoms. The number of halogens is 1. The third-order valence-corrected chi connectivity index (χ3v) is 4.19. The Morgan fingerprint density at radius 3 is 2.65 bits per heavy atom. The number of benzene rings is 2. The quantitative estimate of drug-likeness (QED) is 0.655. The van der Waals surface area contributed by atoms with E-state index in [-0.39, 0.29) is 5.91 Å². The van der Waals surface area contributed by atoms with Crippen molar-refractivity contribution in [3.05, 3.63) is 69.9 Å². The van der Waals surface area contributed by atoms with Crippen LogP contribution in [0.3, 0.4) is 0 Å². The molecule has 2 aromatic rings. The Kier molecular flexibility index (Phi) is 4.20. The average Bonchev–Trinajstić information content (AvgIpc) is 2.76. The Hall–Kier alpha value is -2.17. The fourth-order valence-corrected chi connectivity index (χ4v) is 3.01. The second-order valence-corrected chi connectivity index (χ2v) is 6.29. The van der Waals surface area contributed by atoms with Crippen LogP contribution in [0.25, 0.3) is 6.08 Å². The zero-order valence-electron chi connectivity index (χ0n) is 12.8. The van der Waals surface area contributed by atoms with Crippen molar-refractivity contribution < 1.29 is 4.79 Å². The van der Waals surface area contributed by atoms with Crippen LogP contribution in [0.2, 0.25) is 5.02 Å². The van der Waals surface area contributed by atoms with Crippen molar-refractivity contribution >= 4 is 46.6 Å². The topological polar surface area (TPSA) is 32.3 Å². The predicted molar refractivity (Wildman–Crippen MR) is 98.6 cm³/mol. The summed E-state index contributed by atoms with van der Waals surface area (Å²) in [5.41, 5.74) is 4.40. The smallest absolute Gasteiger partial charge is 0.281 e. The molecule has 0 atom stereocenters. The number of nitrogens with zero attached hydrogens (tertiary/aromatic N) is 1. The summed E-state index contributed by atoms with van der Waals surface area (Å²) >= 11 is 11.3. The molecule has 1 heterocycles. The Morgan fingerprint density at radius 1 is 1.17 bits per heavy atom. The van der Waals surface area contributed by atoms with Gasteiger partial charge in [-0.15, -0.1) is 0 Å². The average molecular weight is 343 g/mol. The van der Waals surface area contributed by atoms with Crippen LogP contribution in [0.4, 0.5) is 5.69 Å². The number of aryl methyl sites for hydroxylation is 2. The van der Waals surface area contributed by atoms with Crippen LogP contribution in [0.1, 0.15) is 16.7 Å². The standard InChI is InChI=1S/C18H15ClN2OS/c1-11-6-7-13(12(2)8-11)9-16-17(22)21(18(23)20-16)15-5-3-4-14(19)10-15/h3-10H,1-2H3,(H,20,23)/b16-9-. The van der Waals surface area contributed by atoms with Crippen LogP contribution >= 0.6 is 23.8 Å². The molecule has 3 rings (SSSR count). The molecule has 2 aromatic carbocycles. The molecule has 0 aromatic heterocycles. The number of rotatable bonds is 2. The third-order valence-electron chi connectivity index (χ3n) is 3.67. The molecule has 0 bridgehead atoms. The van der Waals surface area contributed by atoms with Gasteiger partial charge in [0.15, 0.2) is 5.11 Å². The van der Waals surface area contributed by atoms with Gasteiger partial charge in [0.05, 0.1) is 5.69 Å². The number of hydrogen-bond donors (Lipinski definition) is 1. The minimum atomic E-state index is -0.183. The maximum absolute atomic E-state index is 12.7. The summed E-state index contributed by atoms with van der Waals surface area (Å²) in [6.07, 6.45) is 1.83. The first-order valence-corrected chi connectivity index (χ1v) is 7.94. The fourth-order valence-electron chi connectivity index (χ4n) is 2.53. The molecule has 1 saturated heterocycles. The summed E-state index contributed by atoms with van der Waals surface area (Å²) in [5.74, 6) is -0.183. The van der Waals surface area contributed by atoms with Gasteiger partial charge in [-0.05, 0) is 61.5 Å². The van der Waals surface area contributed by atoms with E-state index in [1.165, 1.54) is 10.5 Å². The van der Waals surface area contributed by atoms with Gasteiger partial charge in [-0.2, -0.15) is 0 Å².